The fourth-order valence-corrected chi connectivity index (χ4v) is 2.97. The summed E-state index contributed by atoms with van der Waals surface area (Å²) in [4.78, 5) is 9.39. The van der Waals surface area contributed by atoms with Crippen molar-refractivity contribution in [2.24, 2.45) is 0 Å². The van der Waals surface area contributed by atoms with Crippen molar-refractivity contribution in [3.05, 3.63) is 30.2 Å². The molecule has 1 aliphatic heterocycles. The number of aryl methyl sites for hydroxylation is 1. The molecular formula is C17H20N6O. The number of fused-ring (bicyclic) bond motifs is 3. The molecule has 0 aliphatic carbocycles. The molecule has 7 nitrogen and oxygen atoms in total. The summed E-state index contributed by atoms with van der Waals surface area (Å²) in [6.45, 7) is 7.38. The van der Waals surface area contributed by atoms with Crippen LogP contribution in [0.15, 0.2) is 24.4 Å². The smallest absolute Gasteiger partial charge is 0.178 e. The molecular weight excluding hydrogens is 304 g/mol. The van der Waals surface area contributed by atoms with Crippen molar-refractivity contribution in [3.63, 3.8) is 0 Å². The molecule has 1 aromatic carbocycles. The summed E-state index contributed by atoms with van der Waals surface area (Å²) in [5, 5.41) is 4.48. The zero-order chi connectivity index (χ0) is 16.8. The van der Waals surface area contributed by atoms with Crippen molar-refractivity contribution < 1.29 is 4.74 Å². The van der Waals surface area contributed by atoms with Crippen LogP contribution in [-0.2, 0) is 6.54 Å². The zero-order valence-electron chi connectivity index (χ0n) is 14.0. The van der Waals surface area contributed by atoms with Crippen LogP contribution in [0.1, 0.15) is 25.7 Å². The van der Waals surface area contributed by atoms with Crippen molar-refractivity contribution in [2.75, 3.05) is 12.3 Å². The first-order chi connectivity index (χ1) is 11.5. The van der Waals surface area contributed by atoms with E-state index in [1.807, 2.05) is 36.0 Å². The number of imidazole rings is 1. The van der Waals surface area contributed by atoms with Crippen LogP contribution in [-0.4, -0.2) is 30.9 Å². The minimum atomic E-state index is 0.220. The molecule has 2 N–H and O–H groups in total. The summed E-state index contributed by atoms with van der Waals surface area (Å²) in [5.74, 6) is 3.18. The maximum absolute atomic E-state index is 5.88. The third-order valence-corrected chi connectivity index (χ3v) is 4.07. The molecule has 0 unspecified atom stereocenters. The number of anilines is 1. The Labute approximate surface area is 140 Å². The molecule has 3 aromatic rings. The van der Waals surface area contributed by atoms with Gasteiger partial charge in [0.15, 0.2) is 5.82 Å². The van der Waals surface area contributed by atoms with Gasteiger partial charge in [0.2, 0.25) is 0 Å². The van der Waals surface area contributed by atoms with Gasteiger partial charge in [0.1, 0.15) is 29.7 Å². The summed E-state index contributed by atoms with van der Waals surface area (Å²) in [6.07, 6.45) is 2.02. The van der Waals surface area contributed by atoms with E-state index in [1.165, 1.54) is 0 Å². The number of nitrogens with two attached hydrogens (primary N) is 1. The van der Waals surface area contributed by atoms with Gasteiger partial charge in [-0.25, -0.2) is 14.6 Å². The number of hydrogen-bond acceptors (Lipinski definition) is 5. The van der Waals surface area contributed by atoms with Gasteiger partial charge in [0, 0.05) is 24.0 Å². The molecule has 24 heavy (non-hydrogen) atoms. The first-order valence-electron chi connectivity index (χ1n) is 8.06. The van der Waals surface area contributed by atoms with E-state index in [9.17, 15) is 0 Å². The van der Waals surface area contributed by atoms with Gasteiger partial charge in [0.25, 0.3) is 0 Å². The van der Waals surface area contributed by atoms with Crippen LogP contribution in [0.25, 0.3) is 22.9 Å². The van der Waals surface area contributed by atoms with E-state index in [-0.39, 0.29) is 6.04 Å². The van der Waals surface area contributed by atoms with E-state index in [0.29, 0.717) is 12.3 Å². The lowest BCUT2D eigenvalue weighted by atomic mass is 10.1. The maximum atomic E-state index is 5.88. The Morgan fingerprint density at radius 2 is 2.04 bits per heavy atom. The monoisotopic (exact) mass is 324 g/mol. The Morgan fingerprint density at radius 3 is 2.83 bits per heavy atom. The Bertz CT molecular complexity index is 908. The molecule has 0 amide bonds. The molecule has 3 heterocycles. The van der Waals surface area contributed by atoms with Crippen LogP contribution < -0.4 is 10.5 Å². The van der Waals surface area contributed by atoms with E-state index in [4.69, 9.17) is 15.5 Å². The van der Waals surface area contributed by atoms with Crippen LogP contribution in [0, 0.1) is 6.92 Å². The van der Waals surface area contributed by atoms with E-state index < -0.39 is 0 Å². The highest BCUT2D eigenvalue weighted by atomic mass is 16.5. The molecule has 2 aromatic heterocycles. The minimum Gasteiger partial charge on any atom is -0.491 e. The zero-order valence-corrected chi connectivity index (χ0v) is 14.0. The Kier molecular flexibility index (Phi) is 3.30. The number of benzene rings is 1. The van der Waals surface area contributed by atoms with Crippen molar-refractivity contribution in [3.8, 4) is 28.7 Å². The summed E-state index contributed by atoms with van der Waals surface area (Å²) in [7, 11) is 0. The van der Waals surface area contributed by atoms with Gasteiger partial charge in [-0.3, -0.25) is 0 Å². The highest BCUT2D eigenvalue weighted by Gasteiger charge is 2.22. The summed E-state index contributed by atoms with van der Waals surface area (Å²) >= 11 is 0. The van der Waals surface area contributed by atoms with Crippen LogP contribution in [0.3, 0.4) is 0 Å². The quantitative estimate of drug-likeness (QED) is 0.733. The van der Waals surface area contributed by atoms with Crippen molar-refractivity contribution >= 4 is 5.69 Å². The van der Waals surface area contributed by atoms with Gasteiger partial charge in [-0.15, -0.1) is 0 Å². The van der Waals surface area contributed by atoms with Gasteiger partial charge in [-0.1, -0.05) is 0 Å². The van der Waals surface area contributed by atoms with Gasteiger partial charge < -0.3 is 15.0 Å². The summed E-state index contributed by atoms with van der Waals surface area (Å²) in [6, 6.07) is 5.89. The molecule has 0 spiro atoms. The SMILES string of the molecule is Cc1nc(-c2cn3c(n2)-c2ccc(N)cc2OCC3)n(C(C)C)n1. The van der Waals surface area contributed by atoms with Gasteiger partial charge in [0.05, 0.1) is 12.1 Å². The largest absolute Gasteiger partial charge is 0.491 e. The summed E-state index contributed by atoms with van der Waals surface area (Å²) in [5.41, 5.74) is 8.33. The first-order valence-corrected chi connectivity index (χ1v) is 8.06. The fourth-order valence-electron chi connectivity index (χ4n) is 2.97. The minimum absolute atomic E-state index is 0.220. The van der Waals surface area contributed by atoms with Crippen LogP contribution in [0.4, 0.5) is 5.69 Å². The lowest BCUT2D eigenvalue weighted by molar-refractivity contribution is 0.307. The van der Waals surface area contributed by atoms with Crippen molar-refractivity contribution in [2.45, 2.75) is 33.4 Å². The second-order valence-electron chi connectivity index (χ2n) is 6.27. The van der Waals surface area contributed by atoms with Gasteiger partial charge in [-0.05, 0) is 32.9 Å². The molecule has 0 saturated carbocycles. The second-order valence-corrected chi connectivity index (χ2v) is 6.27. The average molecular weight is 324 g/mol. The standard InChI is InChI=1S/C17H20N6O/c1-10(2)23-17(19-11(3)21-23)14-9-22-6-7-24-15-8-12(18)4-5-13(15)16(22)20-14/h4-5,8-10H,6-7,18H2,1-3H3. The molecule has 1 aliphatic rings. The van der Waals surface area contributed by atoms with Crippen LogP contribution in [0.5, 0.6) is 5.75 Å². The highest BCUT2D eigenvalue weighted by Crippen LogP contribution is 2.35. The molecule has 4 rings (SSSR count). The fraction of sp³-hybridized carbons (Fsp3) is 0.353. The number of hydrogen-bond donors (Lipinski definition) is 1. The maximum Gasteiger partial charge on any atom is 0.178 e. The molecule has 0 fully saturated rings. The first kappa shape index (κ1) is 14.7. The van der Waals surface area contributed by atoms with Crippen molar-refractivity contribution in [1.82, 2.24) is 24.3 Å². The Balaban J connectivity index is 1.87. The molecule has 0 radical (unpaired) electrons. The molecule has 0 atom stereocenters. The van der Waals surface area contributed by atoms with Gasteiger partial charge in [-0.2, -0.15) is 5.10 Å². The average Bonchev–Trinajstić information content (AvgIpc) is 3.07. The highest BCUT2D eigenvalue weighted by molar-refractivity contribution is 5.71. The number of ether oxygens (including phenoxy) is 1. The number of nitrogens with zero attached hydrogens (tertiary/aromatic N) is 5. The second kappa shape index (κ2) is 5.36. The Morgan fingerprint density at radius 1 is 1.21 bits per heavy atom. The van der Waals surface area contributed by atoms with E-state index in [1.54, 1.807) is 0 Å². The summed E-state index contributed by atoms with van der Waals surface area (Å²) < 4.78 is 9.83. The van der Waals surface area contributed by atoms with Crippen LogP contribution >= 0.6 is 0 Å². The number of aromatic nitrogens is 5. The predicted molar refractivity (Wildman–Crippen MR) is 91.7 cm³/mol. The number of rotatable bonds is 2. The normalized spacial score (nSPS) is 13.3. The predicted octanol–water partition coefficient (Wildman–Crippen LogP) is 2.67. The topological polar surface area (TPSA) is 83.8 Å². The third-order valence-electron chi connectivity index (χ3n) is 4.07. The Hall–Kier alpha value is -2.83. The number of nitrogen functional groups attached to an aromatic ring is 1. The molecule has 0 saturated heterocycles. The van der Waals surface area contributed by atoms with E-state index >= 15 is 0 Å². The van der Waals surface area contributed by atoms with E-state index in [2.05, 4.69) is 28.5 Å². The van der Waals surface area contributed by atoms with Gasteiger partial charge >= 0.3 is 0 Å². The van der Waals surface area contributed by atoms with Crippen LogP contribution in [0.2, 0.25) is 0 Å². The molecule has 124 valence electrons. The third kappa shape index (κ3) is 2.33. The van der Waals surface area contributed by atoms with Crippen molar-refractivity contribution in [1.29, 1.82) is 0 Å². The van der Waals surface area contributed by atoms with E-state index in [0.717, 1.165) is 41.0 Å². The molecule has 0 bridgehead atoms. The lowest BCUT2D eigenvalue weighted by Crippen LogP contribution is -2.06. The molecule has 7 heteroatoms. The lowest BCUT2D eigenvalue weighted by Gasteiger charge is -2.08.